The number of ether oxygens (including phenoxy) is 1. The highest BCUT2D eigenvalue weighted by molar-refractivity contribution is 7.92. The van der Waals surface area contributed by atoms with E-state index in [1.165, 1.54) is 0 Å². The number of anilines is 2. The van der Waals surface area contributed by atoms with Gasteiger partial charge in [-0.25, -0.2) is 8.42 Å². The van der Waals surface area contributed by atoms with Crippen LogP contribution >= 0.6 is 0 Å². The van der Waals surface area contributed by atoms with Gasteiger partial charge < -0.3 is 10.1 Å². The first-order valence-electron chi connectivity index (χ1n) is 8.94. The molecule has 0 fully saturated rings. The Bertz CT molecular complexity index is 1140. The fraction of sp³-hybridized carbons (Fsp3) is 0.136. The fourth-order valence-electron chi connectivity index (χ4n) is 2.84. The summed E-state index contributed by atoms with van der Waals surface area (Å²) in [4.78, 5) is 12.9. The number of methoxy groups -OCH3 is 1. The van der Waals surface area contributed by atoms with E-state index in [0.29, 0.717) is 17.0 Å². The Labute approximate surface area is 170 Å². The van der Waals surface area contributed by atoms with Crippen LogP contribution in [0.25, 0.3) is 0 Å². The molecule has 0 aliphatic rings. The number of hydrogen-bond donors (Lipinski definition) is 2. The number of aryl methyl sites for hydroxylation is 2. The molecule has 3 aromatic carbocycles. The van der Waals surface area contributed by atoms with Crippen molar-refractivity contribution in [2.45, 2.75) is 18.7 Å². The molecule has 0 aliphatic heterocycles. The first kappa shape index (κ1) is 20.4. The van der Waals surface area contributed by atoms with E-state index in [1.807, 2.05) is 13.0 Å². The predicted molar refractivity (Wildman–Crippen MR) is 114 cm³/mol. The zero-order chi connectivity index (χ0) is 21.0. The molecule has 2 N–H and O–H groups in total. The van der Waals surface area contributed by atoms with Gasteiger partial charge in [0.1, 0.15) is 5.75 Å². The van der Waals surface area contributed by atoms with Crippen LogP contribution in [0.3, 0.4) is 0 Å². The maximum Gasteiger partial charge on any atom is 0.262 e. The first-order valence-corrected chi connectivity index (χ1v) is 10.4. The Morgan fingerprint density at radius 2 is 1.62 bits per heavy atom. The normalized spacial score (nSPS) is 11.0. The molecule has 6 nitrogen and oxygen atoms in total. The molecule has 0 saturated heterocycles. The van der Waals surface area contributed by atoms with Crippen molar-refractivity contribution in [2.75, 3.05) is 17.1 Å². The number of carbonyl (C=O) groups is 1. The van der Waals surface area contributed by atoms with Crippen LogP contribution in [0.15, 0.2) is 71.6 Å². The van der Waals surface area contributed by atoms with Gasteiger partial charge in [0.05, 0.1) is 23.3 Å². The molecule has 0 aliphatic carbocycles. The monoisotopic (exact) mass is 410 g/mol. The summed E-state index contributed by atoms with van der Waals surface area (Å²) in [6.45, 7) is 3.56. The van der Waals surface area contributed by atoms with Crippen molar-refractivity contribution in [1.29, 1.82) is 0 Å². The lowest BCUT2D eigenvalue weighted by Gasteiger charge is -2.14. The average molecular weight is 410 g/mol. The number of rotatable bonds is 6. The number of nitrogens with one attached hydrogen (secondary N) is 2. The Kier molecular flexibility index (Phi) is 5.89. The van der Waals surface area contributed by atoms with Gasteiger partial charge in [0, 0.05) is 5.69 Å². The Morgan fingerprint density at radius 3 is 2.31 bits per heavy atom. The molecule has 0 aromatic heterocycles. The molecule has 7 heteroatoms. The second-order valence-corrected chi connectivity index (χ2v) is 8.25. The SMILES string of the molecule is COc1ccc(NC(=O)c2ccccc2NS(=O)(=O)c2cc(C)ccc2C)cc1. The highest BCUT2D eigenvalue weighted by Crippen LogP contribution is 2.24. The minimum absolute atomic E-state index is 0.183. The topological polar surface area (TPSA) is 84.5 Å². The standard InChI is InChI=1S/C22H22N2O4S/c1-15-8-9-16(2)21(14-15)29(26,27)24-20-7-5-4-6-19(20)22(25)23-17-10-12-18(28-3)13-11-17/h4-14,24H,1-3H3,(H,23,25). The van der Waals surface area contributed by atoms with Gasteiger partial charge in [0.25, 0.3) is 15.9 Å². The maximum absolute atomic E-state index is 12.9. The van der Waals surface area contributed by atoms with Crippen molar-refractivity contribution in [1.82, 2.24) is 0 Å². The lowest BCUT2D eigenvalue weighted by molar-refractivity contribution is 0.102. The summed E-state index contributed by atoms with van der Waals surface area (Å²) in [6, 6.07) is 18.6. The van der Waals surface area contributed by atoms with E-state index in [2.05, 4.69) is 10.0 Å². The quantitative estimate of drug-likeness (QED) is 0.632. The first-order chi connectivity index (χ1) is 13.8. The third kappa shape index (κ3) is 4.75. The summed E-state index contributed by atoms with van der Waals surface area (Å²) >= 11 is 0. The fourth-order valence-corrected chi connectivity index (χ4v) is 4.25. The number of sulfonamides is 1. The van der Waals surface area contributed by atoms with Gasteiger partial charge in [-0.15, -0.1) is 0 Å². The minimum atomic E-state index is -3.85. The molecule has 0 saturated carbocycles. The summed E-state index contributed by atoms with van der Waals surface area (Å²) in [5, 5.41) is 2.77. The van der Waals surface area contributed by atoms with Crippen LogP contribution in [0, 0.1) is 13.8 Å². The summed E-state index contributed by atoms with van der Waals surface area (Å²) < 4.78 is 33.5. The number of carbonyl (C=O) groups excluding carboxylic acids is 1. The summed E-state index contributed by atoms with van der Waals surface area (Å²) in [5.41, 5.74) is 2.46. The lowest BCUT2D eigenvalue weighted by atomic mass is 10.1. The van der Waals surface area contributed by atoms with E-state index in [0.717, 1.165) is 5.56 Å². The molecule has 29 heavy (non-hydrogen) atoms. The second kappa shape index (κ2) is 8.36. The Hall–Kier alpha value is -3.32. The van der Waals surface area contributed by atoms with Crippen LogP contribution < -0.4 is 14.8 Å². The molecule has 1 amide bonds. The van der Waals surface area contributed by atoms with Gasteiger partial charge in [-0.05, 0) is 67.4 Å². The molecular formula is C22H22N2O4S. The van der Waals surface area contributed by atoms with Crippen LogP contribution in [-0.4, -0.2) is 21.4 Å². The van der Waals surface area contributed by atoms with Crippen LogP contribution in [0.1, 0.15) is 21.5 Å². The summed E-state index contributed by atoms with van der Waals surface area (Å²) in [6.07, 6.45) is 0. The van der Waals surface area contributed by atoms with Gasteiger partial charge in [-0.2, -0.15) is 0 Å². The molecule has 0 bridgehead atoms. The van der Waals surface area contributed by atoms with Gasteiger partial charge in [-0.1, -0.05) is 24.3 Å². The van der Waals surface area contributed by atoms with E-state index in [1.54, 1.807) is 74.7 Å². The second-order valence-electron chi connectivity index (χ2n) is 6.60. The van der Waals surface area contributed by atoms with Crippen molar-refractivity contribution in [3.05, 3.63) is 83.4 Å². The highest BCUT2D eigenvalue weighted by Gasteiger charge is 2.20. The van der Waals surface area contributed by atoms with Gasteiger partial charge in [0.15, 0.2) is 0 Å². The zero-order valence-corrected chi connectivity index (χ0v) is 17.2. The zero-order valence-electron chi connectivity index (χ0n) is 16.4. The average Bonchev–Trinajstić information content (AvgIpc) is 2.70. The van der Waals surface area contributed by atoms with Crippen molar-refractivity contribution >= 4 is 27.3 Å². The van der Waals surface area contributed by atoms with E-state index in [-0.39, 0.29) is 16.1 Å². The highest BCUT2D eigenvalue weighted by atomic mass is 32.2. The van der Waals surface area contributed by atoms with Gasteiger partial charge in [-0.3, -0.25) is 9.52 Å². The van der Waals surface area contributed by atoms with E-state index in [4.69, 9.17) is 4.74 Å². The Morgan fingerprint density at radius 1 is 0.931 bits per heavy atom. The molecule has 3 aromatic rings. The minimum Gasteiger partial charge on any atom is -0.497 e. The van der Waals surface area contributed by atoms with Crippen LogP contribution in [0.2, 0.25) is 0 Å². The molecule has 0 radical (unpaired) electrons. The molecule has 150 valence electrons. The third-order valence-electron chi connectivity index (χ3n) is 4.40. The number of amides is 1. The van der Waals surface area contributed by atoms with Crippen molar-refractivity contribution < 1.29 is 17.9 Å². The van der Waals surface area contributed by atoms with E-state index >= 15 is 0 Å². The number of hydrogen-bond acceptors (Lipinski definition) is 4. The smallest absolute Gasteiger partial charge is 0.262 e. The summed E-state index contributed by atoms with van der Waals surface area (Å²) in [5.74, 6) is 0.249. The van der Waals surface area contributed by atoms with Crippen LogP contribution in [0.4, 0.5) is 11.4 Å². The number of para-hydroxylation sites is 1. The summed E-state index contributed by atoms with van der Waals surface area (Å²) in [7, 11) is -2.29. The molecular weight excluding hydrogens is 388 g/mol. The van der Waals surface area contributed by atoms with Gasteiger partial charge >= 0.3 is 0 Å². The molecule has 0 spiro atoms. The van der Waals surface area contributed by atoms with Crippen LogP contribution in [-0.2, 0) is 10.0 Å². The van der Waals surface area contributed by atoms with E-state index in [9.17, 15) is 13.2 Å². The Balaban J connectivity index is 1.88. The largest absolute Gasteiger partial charge is 0.497 e. The van der Waals surface area contributed by atoms with Gasteiger partial charge in [0.2, 0.25) is 0 Å². The third-order valence-corrected chi connectivity index (χ3v) is 5.90. The molecule has 0 heterocycles. The lowest BCUT2D eigenvalue weighted by Crippen LogP contribution is -2.19. The predicted octanol–water partition coefficient (Wildman–Crippen LogP) is 4.37. The maximum atomic E-state index is 12.9. The number of benzene rings is 3. The molecule has 3 rings (SSSR count). The molecule has 0 atom stereocenters. The van der Waals surface area contributed by atoms with E-state index < -0.39 is 15.9 Å². The van der Waals surface area contributed by atoms with Crippen LogP contribution in [0.5, 0.6) is 5.75 Å². The van der Waals surface area contributed by atoms with Crippen molar-refractivity contribution in [3.8, 4) is 5.75 Å². The molecule has 0 unspecified atom stereocenters. The van der Waals surface area contributed by atoms with Crippen molar-refractivity contribution in [3.63, 3.8) is 0 Å². The van der Waals surface area contributed by atoms with Crippen molar-refractivity contribution in [2.24, 2.45) is 0 Å².